The molecule has 0 saturated carbocycles. The monoisotopic (exact) mass is 290 g/mol. The molecule has 6 nitrogen and oxygen atoms in total. The zero-order chi connectivity index (χ0) is 15.4. The van der Waals surface area contributed by atoms with E-state index in [0.29, 0.717) is 5.75 Å². The Balaban J connectivity index is 2.37. The van der Waals surface area contributed by atoms with Crippen LogP contribution < -0.4 is 15.0 Å². The van der Waals surface area contributed by atoms with E-state index < -0.39 is 6.03 Å². The van der Waals surface area contributed by atoms with Gasteiger partial charge in [0.2, 0.25) is 0 Å². The molecule has 0 bridgehead atoms. The second-order valence-electron chi connectivity index (χ2n) is 4.58. The third-order valence-electron chi connectivity index (χ3n) is 3.35. The number of amides is 2. The lowest BCUT2D eigenvalue weighted by Crippen LogP contribution is -2.23. The molecule has 0 atom stereocenters. The lowest BCUT2D eigenvalue weighted by molar-refractivity contribution is -0.336. The predicted molar refractivity (Wildman–Crippen MR) is 81.2 cm³/mol. The molecule has 0 aliphatic carbocycles. The van der Waals surface area contributed by atoms with Crippen molar-refractivity contribution in [1.29, 1.82) is 0 Å². The number of nitrogens with one attached hydrogen (secondary N) is 1. The number of aliphatic hydroxyl groups excluding tert-OH is 1. The number of hydrogen-bond donors (Lipinski definition) is 2. The van der Waals surface area contributed by atoms with Crippen molar-refractivity contribution in [3.8, 4) is 5.75 Å². The third kappa shape index (κ3) is 3.16. The van der Waals surface area contributed by atoms with Gasteiger partial charge in [0.1, 0.15) is 12.0 Å². The van der Waals surface area contributed by atoms with Crippen LogP contribution in [0.4, 0.5) is 10.5 Å². The molecule has 112 valence electrons. The molecule has 1 aromatic carbocycles. The summed E-state index contributed by atoms with van der Waals surface area (Å²) in [6.07, 6.45) is 2.93. The summed E-state index contributed by atoms with van der Waals surface area (Å²) in [4.78, 5) is 13.8. The zero-order valence-electron chi connectivity index (χ0n) is 12.5. The fourth-order valence-corrected chi connectivity index (χ4v) is 2.23. The van der Waals surface area contributed by atoms with Gasteiger partial charge in [0, 0.05) is 24.8 Å². The Kier molecular flexibility index (Phi) is 4.47. The number of urea groups is 1. The van der Waals surface area contributed by atoms with Crippen LogP contribution in [0.15, 0.2) is 30.3 Å². The van der Waals surface area contributed by atoms with Crippen molar-refractivity contribution < 1.29 is 19.2 Å². The van der Waals surface area contributed by atoms with Gasteiger partial charge in [-0.05, 0) is 26.0 Å². The van der Waals surface area contributed by atoms with E-state index in [9.17, 15) is 9.90 Å². The molecular weight excluding hydrogens is 270 g/mol. The lowest BCUT2D eigenvalue weighted by atomic mass is 10.1. The average molecular weight is 290 g/mol. The number of nitrogens with zero attached hydrogens (tertiary/aromatic N) is 2. The number of aliphatic hydroxyl groups is 1. The SMILES string of the molecule is CCN(CC)c1ccc(C=[N+]2C=C(O)NC2=O)c(OC)c1. The minimum absolute atomic E-state index is 0.171. The van der Waals surface area contributed by atoms with Gasteiger partial charge in [-0.25, -0.2) is 0 Å². The van der Waals surface area contributed by atoms with E-state index in [4.69, 9.17) is 4.74 Å². The standard InChI is InChI=1S/C15H19N3O3/c1-4-17(5-2)12-7-6-11(13(8-12)21-3)9-18-10-14(19)16-15(18)20/h6-10H,4-5H2,1-3H3,(H-,16,19,20)/p+1. The maximum atomic E-state index is 11.6. The van der Waals surface area contributed by atoms with Gasteiger partial charge in [0.05, 0.1) is 12.7 Å². The summed E-state index contributed by atoms with van der Waals surface area (Å²) in [6, 6.07) is 5.42. The molecule has 2 amide bonds. The Hall–Kier alpha value is -2.50. The first-order valence-corrected chi connectivity index (χ1v) is 6.87. The maximum Gasteiger partial charge on any atom is 0.503 e. The highest BCUT2D eigenvalue weighted by atomic mass is 16.5. The molecule has 0 fully saturated rings. The van der Waals surface area contributed by atoms with Crippen molar-refractivity contribution in [2.24, 2.45) is 0 Å². The van der Waals surface area contributed by atoms with Crippen LogP contribution in [0.2, 0.25) is 0 Å². The molecule has 2 rings (SSSR count). The van der Waals surface area contributed by atoms with Crippen LogP contribution in [0, 0.1) is 0 Å². The number of anilines is 1. The number of benzene rings is 1. The van der Waals surface area contributed by atoms with Crippen LogP contribution in [0.3, 0.4) is 0 Å². The van der Waals surface area contributed by atoms with Crippen LogP contribution in [-0.2, 0) is 0 Å². The van der Waals surface area contributed by atoms with Crippen LogP contribution in [0.5, 0.6) is 5.75 Å². The summed E-state index contributed by atoms with van der Waals surface area (Å²) in [5.41, 5.74) is 1.83. The van der Waals surface area contributed by atoms with Gasteiger partial charge in [-0.1, -0.05) is 0 Å². The second-order valence-corrected chi connectivity index (χ2v) is 4.58. The number of rotatable bonds is 5. The molecule has 0 radical (unpaired) electrons. The highest BCUT2D eigenvalue weighted by Crippen LogP contribution is 2.24. The van der Waals surface area contributed by atoms with Crippen LogP contribution in [0.25, 0.3) is 0 Å². The number of methoxy groups -OCH3 is 1. The van der Waals surface area contributed by atoms with Gasteiger partial charge >= 0.3 is 11.9 Å². The van der Waals surface area contributed by atoms with Gasteiger partial charge in [-0.15, -0.1) is 0 Å². The van der Waals surface area contributed by atoms with Crippen LogP contribution >= 0.6 is 0 Å². The first kappa shape index (κ1) is 14.9. The fraction of sp³-hybridized carbons (Fsp3) is 0.333. The molecule has 0 saturated heterocycles. The number of carbonyl (C=O) groups excluding carboxylic acids is 1. The first-order chi connectivity index (χ1) is 10.1. The molecule has 0 unspecified atom stereocenters. The summed E-state index contributed by atoms with van der Waals surface area (Å²) in [6.45, 7) is 6.01. The molecule has 1 aromatic rings. The van der Waals surface area contributed by atoms with Crippen molar-refractivity contribution in [3.05, 3.63) is 35.8 Å². The highest BCUT2D eigenvalue weighted by Gasteiger charge is 2.26. The third-order valence-corrected chi connectivity index (χ3v) is 3.35. The van der Waals surface area contributed by atoms with Gasteiger partial charge in [0.25, 0.3) is 0 Å². The highest BCUT2D eigenvalue weighted by molar-refractivity contribution is 5.86. The lowest BCUT2D eigenvalue weighted by Gasteiger charge is -2.21. The van der Waals surface area contributed by atoms with E-state index in [1.807, 2.05) is 18.2 Å². The average Bonchev–Trinajstić information content (AvgIpc) is 2.79. The molecular formula is C15H20N3O3+. The largest absolute Gasteiger partial charge is 0.503 e. The van der Waals surface area contributed by atoms with E-state index in [-0.39, 0.29) is 5.88 Å². The predicted octanol–water partition coefficient (Wildman–Crippen LogP) is 2.05. The van der Waals surface area contributed by atoms with Gasteiger partial charge < -0.3 is 14.7 Å². The normalized spacial score (nSPS) is 15.9. The van der Waals surface area contributed by atoms with Crippen molar-refractivity contribution in [3.63, 3.8) is 0 Å². The van der Waals surface area contributed by atoms with E-state index in [0.717, 1.165) is 24.3 Å². The van der Waals surface area contributed by atoms with Crippen molar-refractivity contribution in [1.82, 2.24) is 5.32 Å². The van der Waals surface area contributed by atoms with E-state index in [1.165, 1.54) is 10.8 Å². The quantitative estimate of drug-likeness (QED) is 0.815. The Morgan fingerprint density at radius 3 is 2.62 bits per heavy atom. The molecule has 0 spiro atoms. The van der Waals surface area contributed by atoms with Gasteiger partial charge in [-0.3, -0.25) is 0 Å². The molecule has 0 aromatic heterocycles. The zero-order valence-corrected chi connectivity index (χ0v) is 12.5. The first-order valence-electron chi connectivity index (χ1n) is 6.87. The van der Waals surface area contributed by atoms with E-state index >= 15 is 0 Å². The molecule has 1 aliphatic heterocycles. The molecule has 6 heteroatoms. The molecule has 21 heavy (non-hydrogen) atoms. The van der Waals surface area contributed by atoms with E-state index in [2.05, 4.69) is 24.1 Å². The number of ether oxygens (including phenoxy) is 1. The van der Waals surface area contributed by atoms with Crippen molar-refractivity contribution in [2.75, 3.05) is 25.1 Å². The second kappa shape index (κ2) is 6.30. The van der Waals surface area contributed by atoms with Gasteiger partial charge in [0.15, 0.2) is 6.20 Å². The Labute approximate surface area is 124 Å². The van der Waals surface area contributed by atoms with Gasteiger partial charge in [-0.2, -0.15) is 14.7 Å². The summed E-state index contributed by atoms with van der Waals surface area (Å²) >= 11 is 0. The fourth-order valence-electron chi connectivity index (χ4n) is 2.23. The Bertz CT molecular complexity index is 604. The smallest absolute Gasteiger partial charge is 0.496 e. The minimum Gasteiger partial charge on any atom is -0.496 e. The van der Waals surface area contributed by atoms with Crippen molar-refractivity contribution >= 4 is 17.9 Å². The minimum atomic E-state index is -0.401. The summed E-state index contributed by atoms with van der Waals surface area (Å²) in [5.74, 6) is 0.502. The summed E-state index contributed by atoms with van der Waals surface area (Å²) in [7, 11) is 1.59. The molecule has 2 N–H and O–H groups in total. The Morgan fingerprint density at radius 2 is 2.10 bits per heavy atom. The van der Waals surface area contributed by atoms with Crippen LogP contribution in [-0.4, -0.2) is 42.1 Å². The van der Waals surface area contributed by atoms with Crippen molar-refractivity contribution in [2.45, 2.75) is 13.8 Å². The summed E-state index contributed by atoms with van der Waals surface area (Å²) in [5, 5.41) is 11.6. The van der Waals surface area contributed by atoms with E-state index in [1.54, 1.807) is 13.3 Å². The van der Waals surface area contributed by atoms with Crippen LogP contribution in [0.1, 0.15) is 19.4 Å². The molecule has 1 heterocycles. The Morgan fingerprint density at radius 1 is 1.38 bits per heavy atom. The number of carbonyl (C=O) groups is 1. The molecule has 1 aliphatic rings. The maximum absolute atomic E-state index is 11.6. The number of hydrogen-bond acceptors (Lipinski definition) is 4. The topological polar surface area (TPSA) is 64.8 Å². The summed E-state index contributed by atoms with van der Waals surface area (Å²) < 4.78 is 6.68.